The Kier molecular flexibility index (Phi) is 4.20. The molecule has 0 fully saturated rings. The number of benzene rings is 1. The van der Waals surface area contributed by atoms with E-state index < -0.39 is 0 Å². The zero-order valence-corrected chi connectivity index (χ0v) is 13.5. The molecule has 3 aromatic rings. The van der Waals surface area contributed by atoms with Crippen LogP contribution in [0.5, 0.6) is 0 Å². The van der Waals surface area contributed by atoms with Gasteiger partial charge in [-0.2, -0.15) is 0 Å². The van der Waals surface area contributed by atoms with E-state index in [2.05, 4.69) is 25.5 Å². The number of thioether (sulfide) groups is 1. The number of H-pyrrole nitrogens is 2. The number of aromatic amines is 2. The van der Waals surface area contributed by atoms with Gasteiger partial charge in [0.25, 0.3) is 0 Å². The zero-order chi connectivity index (χ0) is 16.4. The number of hydrogen-bond acceptors (Lipinski definition) is 5. The van der Waals surface area contributed by atoms with Gasteiger partial charge in [0.2, 0.25) is 5.91 Å². The second-order valence-corrected chi connectivity index (χ2v) is 6.30. The SMILES string of the molecule is CCn1cnnc1S[C@H](C)C(=O)Nc1ccc2[nH]c(=O)[nH]c2c1. The van der Waals surface area contributed by atoms with E-state index in [1.807, 2.05) is 18.4 Å². The molecule has 1 amide bonds. The van der Waals surface area contributed by atoms with Crippen molar-refractivity contribution in [2.45, 2.75) is 30.8 Å². The lowest BCUT2D eigenvalue weighted by Crippen LogP contribution is -2.22. The Morgan fingerprint density at radius 3 is 2.96 bits per heavy atom. The van der Waals surface area contributed by atoms with Crippen LogP contribution in [-0.4, -0.2) is 35.9 Å². The number of aryl methyl sites for hydroxylation is 1. The first-order chi connectivity index (χ1) is 11.1. The van der Waals surface area contributed by atoms with Crippen LogP contribution < -0.4 is 11.0 Å². The predicted octanol–water partition coefficient (Wildman–Crippen LogP) is 1.59. The normalized spacial score (nSPS) is 12.4. The summed E-state index contributed by atoms with van der Waals surface area (Å²) in [5.74, 6) is -0.141. The quantitative estimate of drug-likeness (QED) is 0.615. The Hall–Kier alpha value is -2.55. The highest BCUT2D eigenvalue weighted by Gasteiger charge is 2.18. The van der Waals surface area contributed by atoms with Crippen molar-refractivity contribution in [1.29, 1.82) is 0 Å². The highest BCUT2D eigenvalue weighted by atomic mass is 32.2. The molecular formula is C14H16N6O2S. The Labute approximate surface area is 135 Å². The number of anilines is 1. The third kappa shape index (κ3) is 3.29. The molecule has 120 valence electrons. The number of nitrogens with zero attached hydrogens (tertiary/aromatic N) is 3. The van der Waals surface area contributed by atoms with Crippen LogP contribution in [0.2, 0.25) is 0 Å². The molecule has 0 saturated heterocycles. The monoisotopic (exact) mass is 332 g/mol. The fraction of sp³-hybridized carbons (Fsp3) is 0.286. The molecule has 3 N–H and O–H groups in total. The third-order valence-corrected chi connectivity index (χ3v) is 4.45. The molecule has 0 aliphatic carbocycles. The van der Waals surface area contributed by atoms with E-state index in [4.69, 9.17) is 0 Å². The van der Waals surface area contributed by atoms with Crippen molar-refractivity contribution in [2.75, 3.05) is 5.32 Å². The number of aromatic nitrogens is 5. The van der Waals surface area contributed by atoms with Gasteiger partial charge in [0.15, 0.2) is 5.16 Å². The van der Waals surface area contributed by atoms with Gasteiger partial charge < -0.3 is 19.9 Å². The van der Waals surface area contributed by atoms with Crippen molar-refractivity contribution in [3.05, 3.63) is 35.0 Å². The minimum Gasteiger partial charge on any atom is -0.325 e. The van der Waals surface area contributed by atoms with Crippen molar-refractivity contribution < 1.29 is 4.79 Å². The van der Waals surface area contributed by atoms with Crippen LogP contribution in [-0.2, 0) is 11.3 Å². The molecule has 1 atom stereocenters. The van der Waals surface area contributed by atoms with E-state index in [0.29, 0.717) is 21.9 Å². The van der Waals surface area contributed by atoms with Gasteiger partial charge in [0.1, 0.15) is 6.33 Å². The maximum Gasteiger partial charge on any atom is 0.323 e. The number of imidazole rings is 1. The Morgan fingerprint density at radius 2 is 2.17 bits per heavy atom. The molecule has 0 radical (unpaired) electrons. The van der Waals surface area contributed by atoms with Crippen molar-refractivity contribution in [3.63, 3.8) is 0 Å². The molecule has 0 bridgehead atoms. The van der Waals surface area contributed by atoms with Crippen LogP contribution in [0.1, 0.15) is 13.8 Å². The lowest BCUT2D eigenvalue weighted by molar-refractivity contribution is -0.115. The highest BCUT2D eigenvalue weighted by Crippen LogP contribution is 2.22. The van der Waals surface area contributed by atoms with Gasteiger partial charge in [0.05, 0.1) is 16.3 Å². The first-order valence-electron chi connectivity index (χ1n) is 7.14. The van der Waals surface area contributed by atoms with Gasteiger partial charge in [-0.3, -0.25) is 4.79 Å². The topological polar surface area (TPSA) is 108 Å². The molecule has 0 aliphatic heterocycles. The van der Waals surface area contributed by atoms with Gasteiger partial charge in [0, 0.05) is 12.2 Å². The second kappa shape index (κ2) is 6.29. The lowest BCUT2D eigenvalue weighted by atomic mass is 10.2. The van der Waals surface area contributed by atoms with Crippen molar-refractivity contribution >= 4 is 34.4 Å². The Bertz CT molecular complexity index is 896. The van der Waals surface area contributed by atoms with Crippen LogP contribution in [0.3, 0.4) is 0 Å². The fourth-order valence-electron chi connectivity index (χ4n) is 2.12. The van der Waals surface area contributed by atoms with Gasteiger partial charge in [-0.25, -0.2) is 4.79 Å². The molecule has 23 heavy (non-hydrogen) atoms. The summed E-state index contributed by atoms with van der Waals surface area (Å²) in [4.78, 5) is 28.9. The third-order valence-electron chi connectivity index (χ3n) is 3.36. The van der Waals surface area contributed by atoms with Crippen LogP contribution >= 0.6 is 11.8 Å². The smallest absolute Gasteiger partial charge is 0.323 e. The summed E-state index contributed by atoms with van der Waals surface area (Å²) in [6.45, 7) is 4.55. The van der Waals surface area contributed by atoms with Gasteiger partial charge >= 0.3 is 5.69 Å². The molecule has 0 aliphatic rings. The molecule has 2 aromatic heterocycles. The maximum atomic E-state index is 12.3. The molecule has 0 spiro atoms. The molecule has 3 rings (SSSR count). The van der Waals surface area contributed by atoms with Crippen LogP contribution in [0, 0.1) is 0 Å². The van der Waals surface area contributed by atoms with Gasteiger partial charge in [-0.1, -0.05) is 11.8 Å². The summed E-state index contributed by atoms with van der Waals surface area (Å²) in [5, 5.41) is 11.1. The summed E-state index contributed by atoms with van der Waals surface area (Å²) >= 11 is 1.35. The molecule has 0 saturated carbocycles. The van der Waals surface area contributed by atoms with E-state index in [9.17, 15) is 9.59 Å². The first kappa shape index (κ1) is 15.3. The first-order valence-corrected chi connectivity index (χ1v) is 8.02. The molecule has 8 nitrogen and oxygen atoms in total. The van der Waals surface area contributed by atoms with Crippen LogP contribution in [0.4, 0.5) is 5.69 Å². The van der Waals surface area contributed by atoms with Crippen LogP contribution in [0.15, 0.2) is 34.5 Å². The Balaban J connectivity index is 1.70. The summed E-state index contributed by atoms with van der Waals surface area (Å²) in [5.41, 5.74) is 1.71. The number of nitrogens with one attached hydrogen (secondary N) is 3. The summed E-state index contributed by atoms with van der Waals surface area (Å²) in [6, 6.07) is 5.21. The number of carbonyl (C=O) groups excluding carboxylic acids is 1. The van der Waals surface area contributed by atoms with E-state index in [0.717, 1.165) is 6.54 Å². The minimum absolute atomic E-state index is 0.141. The molecule has 9 heteroatoms. The molecule has 1 aromatic carbocycles. The number of amides is 1. The van der Waals surface area contributed by atoms with Crippen LogP contribution in [0.25, 0.3) is 11.0 Å². The van der Waals surface area contributed by atoms with Gasteiger partial charge in [-0.05, 0) is 32.0 Å². The van der Waals surface area contributed by atoms with E-state index in [1.54, 1.807) is 24.5 Å². The molecular weight excluding hydrogens is 316 g/mol. The van der Waals surface area contributed by atoms with Crippen molar-refractivity contribution in [1.82, 2.24) is 24.7 Å². The van der Waals surface area contributed by atoms with Crippen molar-refractivity contribution in [3.8, 4) is 0 Å². The maximum absolute atomic E-state index is 12.3. The van der Waals surface area contributed by atoms with Gasteiger partial charge in [-0.15, -0.1) is 10.2 Å². The summed E-state index contributed by atoms with van der Waals surface area (Å²) < 4.78 is 1.88. The second-order valence-electron chi connectivity index (χ2n) is 4.99. The Morgan fingerprint density at radius 1 is 1.39 bits per heavy atom. The largest absolute Gasteiger partial charge is 0.325 e. The number of carbonyl (C=O) groups is 1. The lowest BCUT2D eigenvalue weighted by Gasteiger charge is -2.11. The standard InChI is InChI=1S/C14H16N6O2S/c1-3-20-7-15-19-14(20)23-8(2)12(21)16-9-4-5-10-11(6-9)18-13(22)17-10/h4-8H,3H2,1-2H3,(H,16,21)(H2,17,18,22)/t8-/m1/s1. The summed E-state index contributed by atoms with van der Waals surface area (Å²) in [6.07, 6.45) is 1.64. The average molecular weight is 332 g/mol. The van der Waals surface area contributed by atoms with E-state index in [1.165, 1.54) is 11.8 Å². The fourth-order valence-corrected chi connectivity index (χ4v) is 3.01. The average Bonchev–Trinajstić information content (AvgIpc) is 3.11. The minimum atomic E-state index is -0.328. The van der Waals surface area contributed by atoms with E-state index >= 15 is 0 Å². The molecule has 0 unspecified atom stereocenters. The number of fused-ring (bicyclic) bond motifs is 1. The zero-order valence-electron chi connectivity index (χ0n) is 12.7. The summed E-state index contributed by atoms with van der Waals surface area (Å²) in [7, 11) is 0. The van der Waals surface area contributed by atoms with Crippen molar-refractivity contribution in [2.24, 2.45) is 0 Å². The highest BCUT2D eigenvalue weighted by molar-refractivity contribution is 8.00. The molecule has 2 heterocycles. The number of rotatable bonds is 5. The van der Waals surface area contributed by atoms with E-state index in [-0.39, 0.29) is 16.8 Å². The number of hydrogen-bond donors (Lipinski definition) is 3. The predicted molar refractivity (Wildman–Crippen MR) is 88.6 cm³/mol.